The van der Waals surface area contributed by atoms with E-state index in [4.69, 9.17) is 0 Å². The number of piperidine rings is 1. The highest BCUT2D eigenvalue weighted by Gasteiger charge is 2.32. The van der Waals surface area contributed by atoms with Gasteiger partial charge >= 0.3 is 6.18 Å². The van der Waals surface area contributed by atoms with Crippen LogP contribution in [0.5, 0.6) is 0 Å². The summed E-state index contributed by atoms with van der Waals surface area (Å²) in [6, 6.07) is 9.32. The minimum Gasteiger partial charge on any atom is -0.342 e. The summed E-state index contributed by atoms with van der Waals surface area (Å²) in [5.74, 6) is -0.747. The Morgan fingerprint density at radius 2 is 1.87 bits per heavy atom. The Morgan fingerprint density at radius 3 is 2.52 bits per heavy atom. The van der Waals surface area contributed by atoms with Crippen LogP contribution in [0.15, 0.2) is 30.3 Å². The van der Waals surface area contributed by atoms with E-state index < -0.39 is 24.9 Å². The van der Waals surface area contributed by atoms with Crippen molar-refractivity contribution in [3.8, 4) is 0 Å². The predicted molar refractivity (Wildman–Crippen MR) is 79.7 cm³/mol. The second-order valence-corrected chi connectivity index (χ2v) is 5.92. The van der Waals surface area contributed by atoms with Gasteiger partial charge in [0.15, 0.2) is 0 Å². The zero-order valence-electron chi connectivity index (χ0n) is 12.8. The molecular weight excluding hydrogens is 307 g/mol. The van der Waals surface area contributed by atoms with Crippen molar-refractivity contribution in [2.45, 2.75) is 38.3 Å². The van der Waals surface area contributed by atoms with Crippen molar-refractivity contribution >= 4 is 11.7 Å². The van der Waals surface area contributed by atoms with Crippen LogP contribution >= 0.6 is 0 Å². The summed E-state index contributed by atoms with van der Waals surface area (Å²) in [5.41, 5.74) is 0.915. The summed E-state index contributed by atoms with van der Waals surface area (Å²) < 4.78 is 36.6. The van der Waals surface area contributed by atoms with E-state index in [9.17, 15) is 22.8 Å². The Kier molecular flexibility index (Phi) is 5.80. The van der Waals surface area contributed by atoms with Gasteiger partial charge in [-0.05, 0) is 18.4 Å². The van der Waals surface area contributed by atoms with E-state index in [0.717, 1.165) is 5.56 Å². The summed E-state index contributed by atoms with van der Waals surface area (Å²) >= 11 is 0. The van der Waals surface area contributed by atoms with E-state index in [1.807, 2.05) is 30.3 Å². The van der Waals surface area contributed by atoms with E-state index in [1.54, 1.807) is 0 Å². The number of likely N-dealkylation sites (tertiary alicyclic amines) is 1. The van der Waals surface area contributed by atoms with Gasteiger partial charge in [0, 0.05) is 31.8 Å². The molecule has 1 saturated heterocycles. The highest BCUT2D eigenvalue weighted by molar-refractivity contribution is 5.84. The molecule has 1 aliphatic heterocycles. The summed E-state index contributed by atoms with van der Waals surface area (Å²) in [6.07, 6.45) is -4.32. The second-order valence-electron chi connectivity index (χ2n) is 5.92. The van der Waals surface area contributed by atoms with Crippen LogP contribution in [0.1, 0.15) is 31.2 Å². The Balaban J connectivity index is 1.87. The van der Waals surface area contributed by atoms with Crippen LogP contribution in [0.4, 0.5) is 13.2 Å². The summed E-state index contributed by atoms with van der Waals surface area (Å²) in [6.45, 7) is 0.675. The fourth-order valence-corrected chi connectivity index (χ4v) is 2.81. The first-order valence-corrected chi connectivity index (χ1v) is 7.76. The fourth-order valence-electron chi connectivity index (χ4n) is 2.81. The van der Waals surface area contributed by atoms with E-state index in [1.165, 1.54) is 4.90 Å². The topological polar surface area (TPSA) is 37.4 Å². The van der Waals surface area contributed by atoms with Gasteiger partial charge in [-0.1, -0.05) is 30.3 Å². The number of rotatable bonds is 5. The molecule has 0 N–H and O–H groups in total. The van der Waals surface area contributed by atoms with Crippen LogP contribution < -0.4 is 0 Å². The quantitative estimate of drug-likeness (QED) is 0.831. The number of benzene rings is 1. The van der Waals surface area contributed by atoms with Crippen molar-refractivity contribution in [2.75, 3.05) is 13.1 Å². The molecule has 3 nitrogen and oxygen atoms in total. The number of carbonyl (C=O) groups is 2. The number of halogens is 3. The molecule has 1 fully saturated rings. The molecule has 0 bridgehead atoms. The Morgan fingerprint density at radius 1 is 1.17 bits per heavy atom. The highest BCUT2D eigenvalue weighted by atomic mass is 19.4. The number of carbonyl (C=O) groups excluding carboxylic acids is 2. The average Bonchev–Trinajstić information content (AvgIpc) is 2.53. The fraction of sp³-hybridized carbons (Fsp3) is 0.529. The van der Waals surface area contributed by atoms with Crippen molar-refractivity contribution in [1.29, 1.82) is 0 Å². The van der Waals surface area contributed by atoms with Crippen LogP contribution in [0.2, 0.25) is 0 Å². The van der Waals surface area contributed by atoms with Gasteiger partial charge in [-0.15, -0.1) is 0 Å². The summed E-state index contributed by atoms with van der Waals surface area (Å²) in [7, 11) is 0. The maximum Gasteiger partial charge on any atom is 0.389 e. The molecule has 0 aromatic heterocycles. The summed E-state index contributed by atoms with van der Waals surface area (Å²) in [5, 5.41) is 0. The van der Waals surface area contributed by atoms with Crippen molar-refractivity contribution < 1.29 is 22.8 Å². The first-order valence-electron chi connectivity index (χ1n) is 7.76. The van der Waals surface area contributed by atoms with Crippen LogP contribution in [0.25, 0.3) is 0 Å². The molecule has 0 unspecified atom stereocenters. The van der Waals surface area contributed by atoms with E-state index in [-0.39, 0.29) is 18.2 Å². The Labute approximate surface area is 133 Å². The molecular formula is C17H20F3NO2. The van der Waals surface area contributed by atoms with Crippen LogP contribution in [-0.2, 0) is 16.0 Å². The molecule has 0 spiro atoms. The van der Waals surface area contributed by atoms with Gasteiger partial charge in [0.05, 0.1) is 6.42 Å². The normalized spacial score (nSPS) is 18.7. The molecule has 0 aliphatic carbocycles. The summed E-state index contributed by atoms with van der Waals surface area (Å²) in [4.78, 5) is 25.6. The van der Waals surface area contributed by atoms with Gasteiger partial charge in [-0.3, -0.25) is 9.59 Å². The molecule has 1 heterocycles. The molecule has 126 valence electrons. The SMILES string of the molecule is O=C(Cc1ccccc1)[C@H]1CCCN(C(=O)CCC(F)(F)F)C1. The van der Waals surface area contributed by atoms with E-state index in [0.29, 0.717) is 25.8 Å². The third-order valence-corrected chi connectivity index (χ3v) is 4.07. The number of amides is 1. The van der Waals surface area contributed by atoms with Crippen LogP contribution in [0.3, 0.4) is 0 Å². The van der Waals surface area contributed by atoms with Gasteiger partial charge in [-0.2, -0.15) is 13.2 Å². The Hall–Kier alpha value is -1.85. The average molecular weight is 327 g/mol. The van der Waals surface area contributed by atoms with E-state index >= 15 is 0 Å². The van der Waals surface area contributed by atoms with Gasteiger partial charge in [0.25, 0.3) is 0 Å². The van der Waals surface area contributed by atoms with Gasteiger partial charge in [0.1, 0.15) is 5.78 Å². The maximum absolute atomic E-state index is 12.3. The molecule has 1 amide bonds. The van der Waals surface area contributed by atoms with Gasteiger partial charge in [0.2, 0.25) is 5.91 Å². The molecule has 1 atom stereocenters. The number of nitrogens with zero attached hydrogens (tertiary/aromatic N) is 1. The lowest BCUT2D eigenvalue weighted by Gasteiger charge is -2.32. The zero-order valence-corrected chi connectivity index (χ0v) is 12.8. The standard InChI is InChI=1S/C17H20F3NO2/c18-17(19,20)9-8-16(23)21-10-4-7-14(12-21)15(22)11-13-5-2-1-3-6-13/h1-3,5-6,14H,4,7-12H2/t14-/m0/s1. The third kappa shape index (κ3) is 5.69. The molecule has 1 aromatic rings. The largest absolute Gasteiger partial charge is 0.389 e. The van der Waals surface area contributed by atoms with Gasteiger partial charge in [-0.25, -0.2) is 0 Å². The maximum atomic E-state index is 12.3. The molecule has 0 saturated carbocycles. The lowest BCUT2D eigenvalue weighted by atomic mass is 9.90. The first-order chi connectivity index (χ1) is 10.8. The predicted octanol–water partition coefficient (Wildman–Crippen LogP) is 3.38. The number of hydrogen-bond acceptors (Lipinski definition) is 2. The molecule has 1 aliphatic rings. The minimum atomic E-state index is -4.33. The number of Topliss-reactive ketones (excluding diaryl/α,β-unsaturated/α-hetero) is 1. The molecule has 1 aromatic carbocycles. The minimum absolute atomic E-state index is 0.0459. The molecule has 2 rings (SSSR count). The molecule has 0 radical (unpaired) electrons. The van der Waals surface area contributed by atoms with Crippen molar-refractivity contribution in [3.63, 3.8) is 0 Å². The van der Waals surface area contributed by atoms with Crippen LogP contribution in [0, 0.1) is 5.92 Å². The van der Waals surface area contributed by atoms with Crippen molar-refractivity contribution in [3.05, 3.63) is 35.9 Å². The smallest absolute Gasteiger partial charge is 0.342 e. The van der Waals surface area contributed by atoms with Crippen molar-refractivity contribution in [1.82, 2.24) is 4.90 Å². The lowest BCUT2D eigenvalue weighted by molar-refractivity contribution is -0.150. The number of ketones is 1. The van der Waals surface area contributed by atoms with Crippen molar-refractivity contribution in [2.24, 2.45) is 5.92 Å². The van der Waals surface area contributed by atoms with E-state index in [2.05, 4.69) is 0 Å². The number of hydrogen-bond donors (Lipinski definition) is 0. The number of alkyl halides is 3. The monoisotopic (exact) mass is 327 g/mol. The third-order valence-electron chi connectivity index (χ3n) is 4.07. The van der Waals surface area contributed by atoms with Gasteiger partial charge < -0.3 is 4.90 Å². The molecule has 23 heavy (non-hydrogen) atoms. The lowest BCUT2D eigenvalue weighted by Crippen LogP contribution is -2.42. The highest BCUT2D eigenvalue weighted by Crippen LogP contribution is 2.24. The zero-order chi connectivity index (χ0) is 16.9. The second kappa shape index (κ2) is 7.62. The molecule has 6 heteroatoms. The first kappa shape index (κ1) is 17.5. The Bertz CT molecular complexity index is 543. The van der Waals surface area contributed by atoms with Crippen LogP contribution in [-0.4, -0.2) is 35.9 Å².